The summed E-state index contributed by atoms with van der Waals surface area (Å²) >= 11 is 0. The highest BCUT2D eigenvalue weighted by molar-refractivity contribution is 5.98. The maximum absolute atomic E-state index is 13.6. The number of pyridine rings is 2. The van der Waals surface area contributed by atoms with Gasteiger partial charge in [-0.2, -0.15) is 13.2 Å². The molecular weight excluding hydrogens is 433 g/mol. The van der Waals surface area contributed by atoms with Crippen LogP contribution >= 0.6 is 0 Å². The van der Waals surface area contributed by atoms with Gasteiger partial charge in [0.1, 0.15) is 11.5 Å². The van der Waals surface area contributed by atoms with Gasteiger partial charge in [0.25, 0.3) is 5.91 Å². The first-order chi connectivity index (χ1) is 15.9. The van der Waals surface area contributed by atoms with Gasteiger partial charge in [0.05, 0.1) is 11.1 Å². The van der Waals surface area contributed by atoms with Crippen LogP contribution in [0.5, 0.6) is 0 Å². The molecule has 1 amide bonds. The summed E-state index contributed by atoms with van der Waals surface area (Å²) in [6.07, 6.45) is 3.09. The molecule has 1 unspecified atom stereocenters. The number of hydrogen-bond donors (Lipinski definition) is 1. The normalized spacial score (nSPS) is 21.9. The van der Waals surface area contributed by atoms with Crippen LogP contribution in [-0.4, -0.2) is 49.9 Å². The molecule has 0 bridgehead atoms. The summed E-state index contributed by atoms with van der Waals surface area (Å²) < 4.78 is 38.3. The SMILES string of the molecule is O=C(c1ncccc1-c1ncccn1)N1C[C@@H]2C[C@@H]2CC1CNc1ccc(C(F)(F)F)cn1. The molecule has 0 spiro atoms. The third-order valence-corrected chi connectivity index (χ3v) is 6.20. The van der Waals surface area contributed by atoms with E-state index in [1.807, 2.05) is 4.90 Å². The molecule has 1 aliphatic carbocycles. The predicted molar refractivity (Wildman–Crippen MR) is 114 cm³/mol. The van der Waals surface area contributed by atoms with E-state index >= 15 is 0 Å². The number of piperidine rings is 1. The number of rotatable bonds is 5. The fourth-order valence-corrected chi connectivity index (χ4v) is 4.36. The highest BCUT2D eigenvalue weighted by Gasteiger charge is 2.47. The molecule has 3 aromatic heterocycles. The average molecular weight is 454 g/mol. The molecule has 1 aliphatic heterocycles. The zero-order valence-electron chi connectivity index (χ0n) is 17.5. The third kappa shape index (κ3) is 4.50. The first kappa shape index (κ1) is 21.3. The lowest BCUT2D eigenvalue weighted by molar-refractivity contribution is -0.137. The lowest BCUT2D eigenvalue weighted by Crippen LogP contribution is -2.48. The van der Waals surface area contributed by atoms with Gasteiger partial charge in [0, 0.05) is 43.9 Å². The van der Waals surface area contributed by atoms with Gasteiger partial charge in [-0.05, 0) is 55.0 Å². The van der Waals surface area contributed by atoms with Crippen molar-refractivity contribution in [2.24, 2.45) is 11.8 Å². The number of nitrogens with one attached hydrogen (secondary N) is 1. The number of alkyl halides is 3. The second-order valence-electron chi connectivity index (χ2n) is 8.39. The van der Waals surface area contributed by atoms with E-state index in [9.17, 15) is 18.0 Å². The number of aromatic nitrogens is 4. The van der Waals surface area contributed by atoms with Crippen LogP contribution in [0.25, 0.3) is 11.4 Å². The van der Waals surface area contributed by atoms with E-state index in [0.717, 1.165) is 25.1 Å². The molecule has 3 aromatic rings. The third-order valence-electron chi connectivity index (χ3n) is 6.20. The highest BCUT2D eigenvalue weighted by atomic mass is 19.4. The molecule has 170 valence electrons. The highest BCUT2D eigenvalue weighted by Crippen LogP contribution is 2.47. The van der Waals surface area contributed by atoms with Crippen molar-refractivity contribution in [1.29, 1.82) is 0 Å². The van der Waals surface area contributed by atoms with Crippen LogP contribution in [0, 0.1) is 11.8 Å². The number of fused-ring (bicyclic) bond motifs is 1. The number of halogens is 3. The second kappa shape index (κ2) is 8.42. The van der Waals surface area contributed by atoms with E-state index in [1.165, 1.54) is 6.07 Å². The van der Waals surface area contributed by atoms with Gasteiger partial charge in [0.2, 0.25) is 0 Å². The van der Waals surface area contributed by atoms with E-state index in [1.54, 1.807) is 36.8 Å². The molecule has 0 aromatic carbocycles. The predicted octanol–water partition coefficient (Wildman–Crippen LogP) is 3.92. The molecule has 1 saturated carbocycles. The summed E-state index contributed by atoms with van der Waals surface area (Å²) in [5.41, 5.74) is 0.0618. The van der Waals surface area contributed by atoms with Crippen molar-refractivity contribution in [3.05, 3.63) is 66.4 Å². The average Bonchev–Trinajstić information content (AvgIpc) is 3.60. The fraction of sp³-hybridized carbons (Fsp3) is 0.348. The van der Waals surface area contributed by atoms with Crippen molar-refractivity contribution in [3.63, 3.8) is 0 Å². The number of hydrogen-bond acceptors (Lipinski definition) is 6. The molecule has 1 N–H and O–H groups in total. The number of carbonyl (C=O) groups excluding carboxylic acids is 1. The minimum absolute atomic E-state index is 0.128. The number of likely N-dealkylation sites (tertiary alicyclic amines) is 1. The van der Waals surface area contributed by atoms with Crippen LogP contribution in [0.2, 0.25) is 0 Å². The minimum atomic E-state index is -4.43. The smallest absolute Gasteiger partial charge is 0.368 e. The number of anilines is 1. The molecule has 10 heteroatoms. The van der Waals surface area contributed by atoms with E-state index in [4.69, 9.17) is 0 Å². The van der Waals surface area contributed by atoms with Gasteiger partial charge >= 0.3 is 6.18 Å². The van der Waals surface area contributed by atoms with Gasteiger partial charge in [-0.25, -0.2) is 15.0 Å². The Kier molecular flexibility index (Phi) is 5.43. The molecule has 4 heterocycles. The molecule has 3 atom stereocenters. The van der Waals surface area contributed by atoms with Gasteiger partial charge in [-0.15, -0.1) is 0 Å². The lowest BCUT2D eigenvalue weighted by atomic mass is 10.0. The van der Waals surface area contributed by atoms with Crippen LogP contribution in [0.1, 0.15) is 28.9 Å². The standard InChI is InChI=1S/C23H21F3N6O/c24-23(25,26)16-4-5-19(30-11-16)31-12-17-10-14-9-15(14)13-32(17)22(33)20-18(3-1-6-27-20)21-28-7-2-8-29-21/h1-8,11,14-15,17H,9-10,12-13H2,(H,30,31)/t14-,15+,17?/m1/s1. The molecule has 33 heavy (non-hydrogen) atoms. The zero-order chi connectivity index (χ0) is 23.0. The number of carbonyl (C=O) groups is 1. The topological polar surface area (TPSA) is 83.9 Å². The molecule has 2 fully saturated rings. The second-order valence-corrected chi connectivity index (χ2v) is 8.39. The monoisotopic (exact) mass is 454 g/mol. The Balaban J connectivity index is 1.35. The first-order valence-corrected chi connectivity index (χ1v) is 10.7. The summed E-state index contributed by atoms with van der Waals surface area (Å²) in [5.74, 6) is 1.62. The van der Waals surface area contributed by atoms with Gasteiger partial charge in [-0.3, -0.25) is 9.78 Å². The number of nitrogens with zero attached hydrogens (tertiary/aromatic N) is 5. The Morgan fingerprint density at radius 3 is 2.52 bits per heavy atom. The lowest BCUT2D eigenvalue weighted by Gasteiger charge is -2.35. The van der Waals surface area contributed by atoms with Crippen LogP contribution < -0.4 is 5.32 Å². The summed E-state index contributed by atoms with van der Waals surface area (Å²) in [6.45, 7) is 1.01. The largest absolute Gasteiger partial charge is 0.417 e. The summed E-state index contributed by atoms with van der Waals surface area (Å²) in [4.78, 5) is 32.1. The van der Waals surface area contributed by atoms with Crippen molar-refractivity contribution in [2.45, 2.75) is 25.1 Å². The maximum atomic E-state index is 13.6. The molecule has 1 saturated heterocycles. The number of amides is 1. The Morgan fingerprint density at radius 2 is 1.79 bits per heavy atom. The van der Waals surface area contributed by atoms with Gasteiger partial charge in [-0.1, -0.05) is 0 Å². The summed E-state index contributed by atoms with van der Waals surface area (Å²) in [7, 11) is 0. The van der Waals surface area contributed by atoms with Crippen molar-refractivity contribution in [3.8, 4) is 11.4 Å². The van der Waals surface area contributed by atoms with Crippen molar-refractivity contribution in [1.82, 2.24) is 24.8 Å². The molecule has 2 aliphatic rings. The van der Waals surface area contributed by atoms with E-state index < -0.39 is 11.7 Å². The van der Waals surface area contributed by atoms with Gasteiger partial charge < -0.3 is 10.2 Å². The quantitative estimate of drug-likeness (QED) is 0.629. The van der Waals surface area contributed by atoms with Crippen LogP contribution in [0.3, 0.4) is 0 Å². The van der Waals surface area contributed by atoms with E-state index in [-0.39, 0.29) is 11.9 Å². The summed E-state index contributed by atoms with van der Waals surface area (Å²) in [6, 6.07) is 7.40. The van der Waals surface area contributed by atoms with Gasteiger partial charge in [0.15, 0.2) is 5.82 Å². The Bertz CT molecular complexity index is 1140. The van der Waals surface area contributed by atoms with Crippen LogP contribution in [0.4, 0.5) is 19.0 Å². The van der Waals surface area contributed by atoms with Crippen molar-refractivity contribution < 1.29 is 18.0 Å². The van der Waals surface area contributed by atoms with Crippen LogP contribution in [-0.2, 0) is 6.18 Å². The Labute approximate surface area is 188 Å². The Morgan fingerprint density at radius 1 is 1.00 bits per heavy atom. The molecular formula is C23H21F3N6O. The van der Waals surface area contributed by atoms with Crippen molar-refractivity contribution >= 4 is 11.7 Å². The Hall–Kier alpha value is -3.56. The molecule has 0 radical (unpaired) electrons. The van der Waals surface area contributed by atoms with Crippen molar-refractivity contribution in [2.75, 3.05) is 18.4 Å². The molecule has 7 nitrogen and oxygen atoms in total. The summed E-state index contributed by atoms with van der Waals surface area (Å²) in [5, 5.41) is 3.10. The maximum Gasteiger partial charge on any atom is 0.417 e. The van der Waals surface area contributed by atoms with Crippen LogP contribution in [0.15, 0.2) is 55.1 Å². The molecule has 5 rings (SSSR count). The minimum Gasteiger partial charge on any atom is -0.368 e. The van der Waals surface area contributed by atoms with E-state index in [2.05, 4.69) is 25.3 Å². The zero-order valence-corrected chi connectivity index (χ0v) is 17.5. The first-order valence-electron chi connectivity index (χ1n) is 10.7. The fourth-order valence-electron chi connectivity index (χ4n) is 4.36. The van der Waals surface area contributed by atoms with E-state index in [0.29, 0.717) is 47.8 Å².